The van der Waals surface area contributed by atoms with Crippen LogP contribution >= 0.6 is 11.3 Å². The summed E-state index contributed by atoms with van der Waals surface area (Å²) in [6, 6.07) is 7.30. The number of nitrogens with one attached hydrogen (secondary N) is 1. The zero-order valence-corrected chi connectivity index (χ0v) is 9.79. The topological polar surface area (TPSA) is 58.0 Å². The van der Waals surface area contributed by atoms with Crippen LogP contribution in [0.4, 0.5) is 0 Å². The molecule has 4 nitrogen and oxygen atoms in total. The Labute approximate surface area is 98.0 Å². The highest BCUT2D eigenvalue weighted by Gasteiger charge is 2.01. The molecule has 2 aromatic rings. The minimum Gasteiger partial charge on any atom is -0.508 e. The van der Waals surface area contributed by atoms with Gasteiger partial charge in [0.1, 0.15) is 15.8 Å². The highest BCUT2D eigenvalue weighted by Crippen LogP contribution is 2.15. The number of phenols is 1. The zero-order valence-electron chi connectivity index (χ0n) is 8.97. The largest absolute Gasteiger partial charge is 0.508 e. The van der Waals surface area contributed by atoms with E-state index >= 15 is 0 Å². The smallest absolute Gasteiger partial charge is 0.131 e. The van der Waals surface area contributed by atoms with Crippen LogP contribution in [0.15, 0.2) is 24.3 Å². The number of aryl methyl sites for hydroxylation is 1. The van der Waals surface area contributed by atoms with Gasteiger partial charge in [-0.2, -0.15) is 0 Å². The maximum Gasteiger partial charge on any atom is 0.131 e. The van der Waals surface area contributed by atoms with E-state index in [1.54, 1.807) is 17.4 Å². The fraction of sp³-hybridized carbons (Fsp3) is 0.273. The Morgan fingerprint density at radius 1 is 1.25 bits per heavy atom. The number of phenolic OH excluding ortho intramolecular Hbond substituents is 1. The van der Waals surface area contributed by atoms with Crippen LogP contribution in [0.5, 0.6) is 5.75 Å². The number of benzene rings is 1. The third kappa shape index (κ3) is 2.77. The Kier molecular flexibility index (Phi) is 3.48. The van der Waals surface area contributed by atoms with Gasteiger partial charge in [-0.15, -0.1) is 21.5 Å². The number of rotatable bonds is 4. The first-order chi connectivity index (χ1) is 7.75. The molecular formula is C11H13N3OS. The number of nitrogens with zero attached hydrogens (tertiary/aromatic N) is 2. The third-order valence-electron chi connectivity index (χ3n) is 2.15. The van der Waals surface area contributed by atoms with Gasteiger partial charge in [-0.05, 0) is 13.0 Å². The average molecular weight is 235 g/mol. The molecule has 0 fully saturated rings. The molecule has 0 spiro atoms. The zero-order chi connectivity index (χ0) is 11.4. The molecule has 2 N–H and O–H groups in total. The van der Waals surface area contributed by atoms with E-state index < -0.39 is 0 Å². The Morgan fingerprint density at radius 2 is 2.06 bits per heavy atom. The molecule has 1 heterocycles. The second-order valence-electron chi connectivity index (χ2n) is 3.45. The molecule has 2 rings (SSSR count). The Bertz CT molecular complexity index is 470. The van der Waals surface area contributed by atoms with Crippen LogP contribution in [0.3, 0.4) is 0 Å². The van der Waals surface area contributed by atoms with Crippen molar-refractivity contribution in [3.8, 4) is 5.75 Å². The molecule has 0 saturated heterocycles. The van der Waals surface area contributed by atoms with Crippen molar-refractivity contribution in [2.75, 3.05) is 0 Å². The Hall–Kier alpha value is -1.46. The van der Waals surface area contributed by atoms with Crippen LogP contribution in [0.2, 0.25) is 0 Å². The second kappa shape index (κ2) is 5.05. The average Bonchev–Trinajstić information content (AvgIpc) is 2.67. The first-order valence-electron chi connectivity index (χ1n) is 5.02. The molecule has 1 aromatic carbocycles. The van der Waals surface area contributed by atoms with Crippen molar-refractivity contribution in [1.29, 1.82) is 0 Å². The molecule has 0 aliphatic heterocycles. The SMILES string of the molecule is Cc1nnc(CNCc2ccccc2O)s1. The van der Waals surface area contributed by atoms with Crippen molar-refractivity contribution in [1.82, 2.24) is 15.5 Å². The van der Waals surface area contributed by atoms with Crippen LogP contribution in [-0.2, 0) is 13.1 Å². The molecule has 0 radical (unpaired) electrons. The van der Waals surface area contributed by atoms with E-state index in [9.17, 15) is 5.11 Å². The maximum atomic E-state index is 9.55. The number of hydrogen-bond acceptors (Lipinski definition) is 5. The lowest BCUT2D eigenvalue weighted by atomic mass is 10.2. The first-order valence-corrected chi connectivity index (χ1v) is 5.84. The summed E-state index contributed by atoms with van der Waals surface area (Å²) in [5.41, 5.74) is 0.892. The summed E-state index contributed by atoms with van der Waals surface area (Å²) >= 11 is 1.58. The minimum absolute atomic E-state index is 0.323. The first kappa shape index (κ1) is 11.0. The Morgan fingerprint density at radius 3 is 2.75 bits per heavy atom. The molecule has 84 valence electrons. The lowest BCUT2D eigenvalue weighted by Gasteiger charge is -2.04. The highest BCUT2D eigenvalue weighted by molar-refractivity contribution is 7.11. The van der Waals surface area contributed by atoms with Gasteiger partial charge in [-0.1, -0.05) is 18.2 Å². The molecule has 0 saturated carbocycles. The maximum absolute atomic E-state index is 9.55. The van der Waals surface area contributed by atoms with Crippen molar-refractivity contribution in [2.45, 2.75) is 20.0 Å². The third-order valence-corrected chi connectivity index (χ3v) is 2.99. The van der Waals surface area contributed by atoms with E-state index in [2.05, 4.69) is 15.5 Å². The lowest BCUT2D eigenvalue weighted by Crippen LogP contribution is -2.12. The van der Waals surface area contributed by atoms with Crippen LogP contribution in [-0.4, -0.2) is 15.3 Å². The fourth-order valence-electron chi connectivity index (χ4n) is 1.37. The summed E-state index contributed by atoms with van der Waals surface area (Å²) in [7, 11) is 0. The number of aromatic hydroxyl groups is 1. The minimum atomic E-state index is 0.323. The van der Waals surface area contributed by atoms with Crippen molar-refractivity contribution in [3.63, 3.8) is 0 Å². The van der Waals surface area contributed by atoms with Crippen molar-refractivity contribution in [3.05, 3.63) is 39.8 Å². The van der Waals surface area contributed by atoms with Gasteiger partial charge in [0.25, 0.3) is 0 Å². The van der Waals surface area contributed by atoms with Gasteiger partial charge in [0.15, 0.2) is 0 Å². The number of aromatic nitrogens is 2. The summed E-state index contributed by atoms with van der Waals surface area (Å²) < 4.78 is 0. The van der Waals surface area contributed by atoms with E-state index in [-0.39, 0.29) is 0 Å². The van der Waals surface area contributed by atoms with E-state index in [4.69, 9.17) is 0 Å². The monoisotopic (exact) mass is 235 g/mol. The number of hydrogen-bond donors (Lipinski definition) is 2. The molecule has 5 heteroatoms. The summed E-state index contributed by atoms with van der Waals surface area (Å²) in [5.74, 6) is 0.323. The summed E-state index contributed by atoms with van der Waals surface area (Å²) in [4.78, 5) is 0. The second-order valence-corrected chi connectivity index (χ2v) is 4.71. The van der Waals surface area contributed by atoms with Crippen molar-refractivity contribution < 1.29 is 5.11 Å². The van der Waals surface area contributed by atoms with Gasteiger partial charge in [0.05, 0.1) is 0 Å². The molecular weight excluding hydrogens is 222 g/mol. The van der Waals surface area contributed by atoms with Crippen LogP contribution < -0.4 is 5.32 Å². The normalized spacial score (nSPS) is 10.6. The molecule has 0 amide bonds. The van der Waals surface area contributed by atoms with Crippen LogP contribution in [0, 0.1) is 6.92 Å². The van der Waals surface area contributed by atoms with Gasteiger partial charge in [-0.25, -0.2) is 0 Å². The quantitative estimate of drug-likeness (QED) is 0.849. The standard InChI is InChI=1S/C11H13N3OS/c1-8-13-14-11(16-8)7-12-6-9-4-2-3-5-10(9)15/h2-5,12,15H,6-7H2,1H3. The van der Waals surface area contributed by atoms with E-state index in [1.807, 2.05) is 25.1 Å². The molecule has 1 aromatic heterocycles. The molecule has 0 aliphatic carbocycles. The molecule has 0 aliphatic rings. The predicted octanol–water partition coefficient (Wildman–Crippen LogP) is 1.84. The van der Waals surface area contributed by atoms with Crippen molar-refractivity contribution in [2.24, 2.45) is 0 Å². The molecule has 0 atom stereocenters. The van der Waals surface area contributed by atoms with E-state index in [0.717, 1.165) is 15.6 Å². The lowest BCUT2D eigenvalue weighted by molar-refractivity contribution is 0.464. The Balaban J connectivity index is 1.87. The van der Waals surface area contributed by atoms with Crippen LogP contribution in [0.25, 0.3) is 0 Å². The molecule has 0 unspecified atom stereocenters. The van der Waals surface area contributed by atoms with Crippen molar-refractivity contribution >= 4 is 11.3 Å². The summed E-state index contributed by atoms with van der Waals surface area (Å²) in [6.45, 7) is 3.25. The van der Waals surface area contributed by atoms with E-state index in [0.29, 0.717) is 18.8 Å². The van der Waals surface area contributed by atoms with Gasteiger partial charge in [0.2, 0.25) is 0 Å². The number of para-hydroxylation sites is 1. The predicted molar refractivity (Wildman–Crippen MR) is 63.3 cm³/mol. The summed E-state index contributed by atoms with van der Waals surface area (Å²) in [6.07, 6.45) is 0. The fourth-order valence-corrected chi connectivity index (χ4v) is 2.05. The van der Waals surface area contributed by atoms with Gasteiger partial charge in [-0.3, -0.25) is 0 Å². The molecule has 16 heavy (non-hydrogen) atoms. The van der Waals surface area contributed by atoms with Gasteiger partial charge >= 0.3 is 0 Å². The molecule has 0 bridgehead atoms. The van der Waals surface area contributed by atoms with E-state index in [1.165, 1.54) is 0 Å². The van der Waals surface area contributed by atoms with Gasteiger partial charge in [0, 0.05) is 18.7 Å². The van der Waals surface area contributed by atoms with Gasteiger partial charge < -0.3 is 10.4 Å². The summed E-state index contributed by atoms with van der Waals surface area (Å²) in [5, 5.41) is 22.7. The van der Waals surface area contributed by atoms with Crippen LogP contribution in [0.1, 0.15) is 15.6 Å². The highest BCUT2D eigenvalue weighted by atomic mass is 32.1.